The van der Waals surface area contributed by atoms with Gasteiger partial charge < -0.3 is 10.0 Å². The topological polar surface area (TPSA) is 83.4 Å². The second kappa shape index (κ2) is 6.45. The Bertz CT molecular complexity index is 1130. The number of sulfone groups is 1. The summed E-state index contributed by atoms with van der Waals surface area (Å²) < 4.78 is 37.7. The van der Waals surface area contributed by atoms with Crippen LogP contribution in [0.5, 0.6) is 5.75 Å². The number of aromatic hydroxyl groups is 1. The molecule has 0 bridgehead atoms. The van der Waals surface area contributed by atoms with Gasteiger partial charge in [-0.15, -0.1) is 0 Å². The molecule has 0 saturated carbocycles. The van der Waals surface area contributed by atoms with Crippen LogP contribution in [-0.2, 0) is 9.84 Å². The molecule has 1 aliphatic rings. The summed E-state index contributed by atoms with van der Waals surface area (Å²) in [6, 6.07) is 10.9. The Kier molecular flexibility index (Phi) is 4.22. The van der Waals surface area contributed by atoms with Crippen LogP contribution in [0.4, 0.5) is 10.2 Å². The van der Waals surface area contributed by atoms with E-state index in [1.807, 2.05) is 4.90 Å². The highest BCUT2D eigenvalue weighted by molar-refractivity contribution is 7.91. The highest BCUT2D eigenvalue weighted by Gasteiger charge is 2.32. The Hall–Kier alpha value is -2.74. The van der Waals surface area contributed by atoms with E-state index in [-0.39, 0.29) is 5.75 Å². The van der Waals surface area contributed by atoms with Crippen LogP contribution >= 0.6 is 0 Å². The minimum atomic E-state index is -3.17. The van der Waals surface area contributed by atoms with E-state index in [2.05, 4.69) is 9.97 Å². The standard InChI is InChI=1S/C19H18FN3O3S/c1-27(25,26)13-8-9-23(11-13)19-15-10-12(20)6-7-16(15)21-18(22-19)14-4-2-3-5-17(14)24/h2-7,10,13,24H,8-9,11H2,1H3. The van der Waals surface area contributed by atoms with Gasteiger partial charge >= 0.3 is 0 Å². The molecular formula is C19H18FN3O3S. The van der Waals surface area contributed by atoms with Crippen molar-refractivity contribution in [1.29, 1.82) is 0 Å². The maximum Gasteiger partial charge on any atom is 0.165 e. The summed E-state index contributed by atoms with van der Waals surface area (Å²) in [6.45, 7) is 0.794. The van der Waals surface area contributed by atoms with Crippen LogP contribution in [0.1, 0.15) is 6.42 Å². The predicted octanol–water partition coefficient (Wildman–Crippen LogP) is 2.76. The third-order valence-corrected chi connectivity index (χ3v) is 6.43. The normalized spacial score (nSPS) is 17.6. The van der Waals surface area contributed by atoms with Crippen LogP contribution in [0.2, 0.25) is 0 Å². The van der Waals surface area contributed by atoms with Crippen LogP contribution in [0, 0.1) is 5.82 Å². The molecule has 0 spiro atoms. The molecule has 0 aliphatic carbocycles. The molecular weight excluding hydrogens is 369 g/mol. The first-order chi connectivity index (χ1) is 12.8. The van der Waals surface area contributed by atoms with Crippen molar-refractivity contribution in [3.63, 3.8) is 0 Å². The van der Waals surface area contributed by atoms with Crippen LogP contribution in [-0.4, -0.2) is 48.1 Å². The Morgan fingerprint density at radius 2 is 1.96 bits per heavy atom. The van der Waals surface area contributed by atoms with Crippen molar-refractivity contribution in [2.24, 2.45) is 0 Å². The van der Waals surface area contributed by atoms with Crippen LogP contribution in [0.25, 0.3) is 22.3 Å². The van der Waals surface area contributed by atoms with E-state index < -0.39 is 20.9 Å². The van der Waals surface area contributed by atoms with Crippen molar-refractivity contribution >= 4 is 26.6 Å². The Morgan fingerprint density at radius 1 is 1.19 bits per heavy atom. The first-order valence-electron chi connectivity index (χ1n) is 8.52. The zero-order valence-electron chi connectivity index (χ0n) is 14.6. The van der Waals surface area contributed by atoms with Crippen molar-refractivity contribution in [3.8, 4) is 17.1 Å². The van der Waals surface area contributed by atoms with Gasteiger partial charge in [-0.25, -0.2) is 22.8 Å². The second-order valence-corrected chi connectivity index (χ2v) is 9.06. The van der Waals surface area contributed by atoms with Gasteiger partial charge in [-0.3, -0.25) is 0 Å². The molecule has 2 aromatic carbocycles. The number of phenols is 1. The summed E-state index contributed by atoms with van der Waals surface area (Å²) in [5, 5.41) is 10.2. The molecule has 1 atom stereocenters. The van der Waals surface area contributed by atoms with Gasteiger partial charge in [-0.1, -0.05) is 12.1 Å². The van der Waals surface area contributed by atoms with Crippen LogP contribution in [0.3, 0.4) is 0 Å². The minimum absolute atomic E-state index is 0.0420. The van der Waals surface area contributed by atoms with Gasteiger partial charge in [0.25, 0.3) is 0 Å². The van der Waals surface area contributed by atoms with Gasteiger partial charge in [-0.2, -0.15) is 0 Å². The SMILES string of the molecule is CS(=O)(=O)C1CCN(c2nc(-c3ccccc3O)nc3ccc(F)cc23)C1. The van der Waals surface area contributed by atoms with Crippen LogP contribution in [0.15, 0.2) is 42.5 Å². The zero-order chi connectivity index (χ0) is 19.2. The van der Waals surface area contributed by atoms with E-state index in [1.165, 1.54) is 18.4 Å². The Balaban J connectivity index is 1.88. The van der Waals surface area contributed by atoms with Gasteiger partial charge in [-0.05, 0) is 36.8 Å². The highest BCUT2D eigenvalue weighted by atomic mass is 32.2. The lowest BCUT2D eigenvalue weighted by Gasteiger charge is -2.20. The fourth-order valence-electron chi connectivity index (χ4n) is 3.38. The monoisotopic (exact) mass is 387 g/mol. The summed E-state index contributed by atoms with van der Waals surface area (Å²) >= 11 is 0. The number of phenolic OH excluding ortho intramolecular Hbond substituents is 1. The number of hydrogen-bond acceptors (Lipinski definition) is 6. The number of para-hydroxylation sites is 1. The number of hydrogen-bond donors (Lipinski definition) is 1. The number of nitrogens with zero attached hydrogens (tertiary/aromatic N) is 3. The van der Waals surface area contributed by atoms with Crippen molar-refractivity contribution < 1.29 is 17.9 Å². The lowest BCUT2D eigenvalue weighted by atomic mass is 10.1. The quantitative estimate of drug-likeness (QED) is 0.744. The molecule has 1 aromatic heterocycles. The van der Waals surface area contributed by atoms with Crippen molar-refractivity contribution in [2.75, 3.05) is 24.2 Å². The molecule has 1 fully saturated rings. The summed E-state index contributed by atoms with van der Waals surface area (Å²) in [5.41, 5.74) is 0.992. The lowest BCUT2D eigenvalue weighted by Crippen LogP contribution is -2.27. The number of fused-ring (bicyclic) bond motifs is 1. The minimum Gasteiger partial charge on any atom is -0.507 e. The van der Waals surface area contributed by atoms with E-state index in [1.54, 1.807) is 30.3 Å². The third-order valence-electron chi connectivity index (χ3n) is 4.83. The molecule has 6 nitrogen and oxygen atoms in total. The van der Waals surface area contributed by atoms with E-state index in [4.69, 9.17) is 0 Å². The van der Waals surface area contributed by atoms with E-state index in [0.29, 0.717) is 47.6 Å². The molecule has 1 N–H and O–H groups in total. The zero-order valence-corrected chi connectivity index (χ0v) is 15.4. The average Bonchev–Trinajstić information content (AvgIpc) is 3.12. The molecule has 1 unspecified atom stereocenters. The molecule has 2 heterocycles. The molecule has 1 aliphatic heterocycles. The van der Waals surface area contributed by atoms with Gasteiger partial charge in [0, 0.05) is 24.7 Å². The number of halogens is 1. The number of rotatable bonds is 3. The van der Waals surface area contributed by atoms with Gasteiger partial charge in [0.1, 0.15) is 17.4 Å². The number of anilines is 1. The second-order valence-electron chi connectivity index (χ2n) is 6.74. The molecule has 8 heteroatoms. The molecule has 1 saturated heterocycles. The summed E-state index contributed by atoms with van der Waals surface area (Å²) in [6.07, 6.45) is 1.72. The fraction of sp³-hybridized carbons (Fsp3) is 0.263. The fourth-order valence-corrected chi connectivity index (χ4v) is 4.36. The highest BCUT2D eigenvalue weighted by Crippen LogP contribution is 2.33. The van der Waals surface area contributed by atoms with Crippen molar-refractivity contribution in [1.82, 2.24) is 9.97 Å². The van der Waals surface area contributed by atoms with Crippen molar-refractivity contribution in [2.45, 2.75) is 11.7 Å². The van der Waals surface area contributed by atoms with Gasteiger partial charge in [0.05, 0.1) is 16.3 Å². The van der Waals surface area contributed by atoms with Gasteiger partial charge in [0.15, 0.2) is 15.7 Å². The number of benzene rings is 2. The number of aromatic nitrogens is 2. The molecule has 4 rings (SSSR count). The van der Waals surface area contributed by atoms with Crippen LogP contribution < -0.4 is 4.90 Å². The Labute approximate surface area is 156 Å². The molecule has 140 valence electrons. The first kappa shape index (κ1) is 17.7. The van der Waals surface area contributed by atoms with E-state index >= 15 is 0 Å². The molecule has 27 heavy (non-hydrogen) atoms. The summed E-state index contributed by atoms with van der Waals surface area (Å²) in [5.74, 6) is 0.413. The van der Waals surface area contributed by atoms with E-state index in [0.717, 1.165) is 0 Å². The van der Waals surface area contributed by atoms with Crippen molar-refractivity contribution in [3.05, 3.63) is 48.3 Å². The predicted molar refractivity (Wildman–Crippen MR) is 102 cm³/mol. The smallest absolute Gasteiger partial charge is 0.165 e. The lowest BCUT2D eigenvalue weighted by molar-refractivity contribution is 0.477. The first-order valence-corrected chi connectivity index (χ1v) is 10.5. The summed E-state index contributed by atoms with van der Waals surface area (Å²) in [4.78, 5) is 10.9. The van der Waals surface area contributed by atoms with E-state index in [9.17, 15) is 17.9 Å². The molecule has 0 amide bonds. The third kappa shape index (κ3) is 3.32. The average molecular weight is 387 g/mol. The van der Waals surface area contributed by atoms with Gasteiger partial charge in [0.2, 0.25) is 0 Å². The Morgan fingerprint density at radius 3 is 2.67 bits per heavy atom. The maximum atomic E-state index is 13.8. The molecule has 3 aromatic rings. The summed E-state index contributed by atoms with van der Waals surface area (Å²) in [7, 11) is -3.17. The molecule has 0 radical (unpaired) electrons. The largest absolute Gasteiger partial charge is 0.507 e. The maximum absolute atomic E-state index is 13.8.